The molecule has 0 fully saturated rings. The second-order valence-electron chi connectivity index (χ2n) is 4.31. The minimum atomic E-state index is -1.15. The summed E-state index contributed by atoms with van der Waals surface area (Å²) in [4.78, 5) is 10.7. The summed E-state index contributed by atoms with van der Waals surface area (Å²) in [5.74, 6) is -0.278. The fourth-order valence-corrected chi connectivity index (χ4v) is 1.76. The molecule has 1 unspecified atom stereocenters. The number of hydrogen-bond donors (Lipinski definition) is 2. The lowest BCUT2D eigenvalue weighted by Crippen LogP contribution is -2.08. The maximum absolute atomic E-state index is 13.7. The van der Waals surface area contributed by atoms with Crippen molar-refractivity contribution in [3.8, 4) is 0 Å². The zero-order valence-electron chi connectivity index (χ0n) is 10.6. The van der Waals surface area contributed by atoms with Crippen molar-refractivity contribution >= 4 is 11.7 Å². The van der Waals surface area contributed by atoms with E-state index in [0.29, 0.717) is 5.76 Å². The van der Waals surface area contributed by atoms with Gasteiger partial charge in [-0.1, -0.05) is 0 Å². The lowest BCUT2D eigenvalue weighted by atomic mass is 10.1. The molecule has 2 rings (SSSR count). The summed E-state index contributed by atoms with van der Waals surface area (Å²) < 4.78 is 19.2. The van der Waals surface area contributed by atoms with Gasteiger partial charge < -0.3 is 14.8 Å². The monoisotopic (exact) mass is 263 g/mol. The van der Waals surface area contributed by atoms with Gasteiger partial charge in [-0.2, -0.15) is 0 Å². The molecule has 4 nitrogen and oxygen atoms in total. The van der Waals surface area contributed by atoms with E-state index < -0.39 is 11.8 Å². The second kappa shape index (κ2) is 5.14. The molecule has 5 heteroatoms. The standard InChI is InChI=1S/C14H14FNO3/c1-8-3-6-13(19-8)9(2)16-12-5-4-10(14(17)18)7-11(12)15/h3-7,9,16H,1-2H3,(H,17,18). The maximum Gasteiger partial charge on any atom is 0.335 e. The Morgan fingerprint density at radius 2 is 2.11 bits per heavy atom. The topological polar surface area (TPSA) is 62.5 Å². The van der Waals surface area contributed by atoms with Gasteiger partial charge >= 0.3 is 5.97 Å². The molecule has 1 heterocycles. The van der Waals surface area contributed by atoms with Gasteiger partial charge in [0.1, 0.15) is 17.3 Å². The van der Waals surface area contributed by atoms with Crippen LogP contribution in [0.15, 0.2) is 34.7 Å². The van der Waals surface area contributed by atoms with Gasteiger partial charge in [-0.05, 0) is 44.2 Å². The molecule has 0 radical (unpaired) electrons. The minimum Gasteiger partial charge on any atom is -0.478 e. The number of benzene rings is 1. The summed E-state index contributed by atoms with van der Waals surface area (Å²) in [5, 5.41) is 11.7. The van der Waals surface area contributed by atoms with Crippen LogP contribution in [0.5, 0.6) is 0 Å². The molecule has 0 aliphatic carbocycles. The largest absolute Gasteiger partial charge is 0.478 e. The Hall–Kier alpha value is -2.30. The fraction of sp³-hybridized carbons (Fsp3) is 0.214. The number of aryl methyl sites for hydroxylation is 1. The summed E-state index contributed by atoms with van der Waals surface area (Å²) in [6, 6.07) is 7.19. The van der Waals surface area contributed by atoms with Gasteiger partial charge in [0.05, 0.1) is 17.3 Å². The van der Waals surface area contributed by atoms with E-state index in [1.807, 2.05) is 26.0 Å². The minimum absolute atomic E-state index is 0.0791. The molecule has 1 aromatic heterocycles. The van der Waals surface area contributed by atoms with Crippen LogP contribution in [0, 0.1) is 12.7 Å². The predicted molar refractivity (Wildman–Crippen MR) is 68.8 cm³/mol. The van der Waals surface area contributed by atoms with E-state index in [0.717, 1.165) is 11.8 Å². The molecular weight excluding hydrogens is 249 g/mol. The van der Waals surface area contributed by atoms with Crippen LogP contribution in [-0.2, 0) is 0 Å². The molecule has 1 aromatic carbocycles. The zero-order chi connectivity index (χ0) is 14.0. The number of anilines is 1. The summed E-state index contributed by atoms with van der Waals surface area (Å²) >= 11 is 0. The van der Waals surface area contributed by atoms with Gasteiger partial charge in [-0.15, -0.1) is 0 Å². The van der Waals surface area contributed by atoms with Gasteiger partial charge in [0, 0.05) is 0 Å². The normalized spacial score (nSPS) is 12.2. The highest BCUT2D eigenvalue weighted by Crippen LogP contribution is 2.23. The van der Waals surface area contributed by atoms with Gasteiger partial charge in [-0.25, -0.2) is 9.18 Å². The maximum atomic E-state index is 13.7. The van der Waals surface area contributed by atoms with Gasteiger partial charge in [-0.3, -0.25) is 0 Å². The Morgan fingerprint density at radius 3 is 2.63 bits per heavy atom. The Kier molecular flexibility index (Phi) is 3.55. The molecule has 0 saturated carbocycles. The number of rotatable bonds is 4. The summed E-state index contributed by atoms with van der Waals surface area (Å²) in [7, 11) is 0. The first-order valence-corrected chi connectivity index (χ1v) is 5.83. The van der Waals surface area contributed by atoms with Crippen molar-refractivity contribution in [3.05, 3.63) is 53.2 Å². The molecule has 0 bridgehead atoms. The van der Waals surface area contributed by atoms with E-state index in [9.17, 15) is 9.18 Å². The van der Waals surface area contributed by atoms with E-state index in [4.69, 9.17) is 9.52 Å². The highest BCUT2D eigenvalue weighted by atomic mass is 19.1. The van der Waals surface area contributed by atoms with Crippen molar-refractivity contribution in [1.82, 2.24) is 0 Å². The Balaban J connectivity index is 2.17. The van der Waals surface area contributed by atoms with E-state index in [1.165, 1.54) is 12.1 Å². The average Bonchev–Trinajstić information content (AvgIpc) is 2.78. The first kappa shape index (κ1) is 13.1. The summed E-state index contributed by atoms with van der Waals surface area (Å²) in [6.07, 6.45) is 0. The van der Waals surface area contributed by atoms with Crippen LogP contribution in [0.2, 0.25) is 0 Å². The molecule has 100 valence electrons. The number of nitrogens with one attached hydrogen (secondary N) is 1. The quantitative estimate of drug-likeness (QED) is 0.884. The highest BCUT2D eigenvalue weighted by molar-refractivity contribution is 5.88. The molecule has 0 aliphatic heterocycles. The molecule has 2 aromatic rings. The van der Waals surface area contributed by atoms with Crippen molar-refractivity contribution in [2.24, 2.45) is 0 Å². The number of carboxylic acid groups (broad SMARTS) is 1. The van der Waals surface area contributed by atoms with Gasteiger partial charge in [0.2, 0.25) is 0 Å². The SMILES string of the molecule is Cc1ccc(C(C)Nc2ccc(C(=O)O)cc2F)o1. The molecule has 1 atom stereocenters. The third kappa shape index (κ3) is 2.93. The van der Waals surface area contributed by atoms with Crippen LogP contribution in [0.1, 0.15) is 34.8 Å². The van der Waals surface area contributed by atoms with E-state index in [2.05, 4.69) is 5.32 Å². The van der Waals surface area contributed by atoms with Crippen molar-refractivity contribution in [2.45, 2.75) is 19.9 Å². The van der Waals surface area contributed by atoms with E-state index in [1.54, 1.807) is 0 Å². The van der Waals surface area contributed by atoms with Crippen LogP contribution >= 0.6 is 0 Å². The van der Waals surface area contributed by atoms with Crippen LogP contribution in [0.3, 0.4) is 0 Å². The van der Waals surface area contributed by atoms with Gasteiger partial charge in [0.25, 0.3) is 0 Å². The Morgan fingerprint density at radius 1 is 1.37 bits per heavy atom. The fourth-order valence-electron chi connectivity index (χ4n) is 1.76. The molecule has 0 aliphatic rings. The molecule has 2 N–H and O–H groups in total. The first-order chi connectivity index (χ1) is 8.97. The molecular formula is C14H14FNO3. The average molecular weight is 263 g/mol. The lowest BCUT2D eigenvalue weighted by molar-refractivity contribution is 0.0696. The lowest BCUT2D eigenvalue weighted by Gasteiger charge is -2.13. The number of carbonyl (C=O) groups is 1. The van der Waals surface area contributed by atoms with Crippen molar-refractivity contribution in [1.29, 1.82) is 0 Å². The number of halogens is 1. The predicted octanol–water partition coefficient (Wildman–Crippen LogP) is 3.60. The number of aromatic carboxylic acids is 1. The van der Waals surface area contributed by atoms with E-state index >= 15 is 0 Å². The van der Waals surface area contributed by atoms with E-state index in [-0.39, 0.29) is 17.3 Å². The second-order valence-corrected chi connectivity index (χ2v) is 4.31. The molecule has 0 saturated heterocycles. The molecule has 0 spiro atoms. The number of carboxylic acids is 1. The number of furan rings is 1. The van der Waals surface area contributed by atoms with Crippen molar-refractivity contribution in [3.63, 3.8) is 0 Å². The smallest absolute Gasteiger partial charge is 0.335 e. The van der Waals surface area contributed by atoms with Gasteiger partial charge in [0.15, 0.2) is 0 Å². The third-order valence-corrected chi connectivity index (χ3v) is 2.78. The van der Waals surface area contributed by atoms with Crippen LogP contribution < -0.4 is 5.32 Å². The Bertz CT molecular complexity index is 606. The summed E-state index contributed by atoms with van der Waals surface area (Å²) in [5.41, 5.74) is 0.163. The Labute approximate surface area is 109 Å². The summed E-state index contributed by atoms with van der Waals surface area (Å²) in [6.45, 7) is 3.67. The molecule has 0 amide bonds. The van der Waals surface area contributed by atoms with Crippen LogP contribution in [0.25, 0.3) is 0 Å². The van der Waals surface area contributed by atoms with Crippen molar-refractivity contribution < 1.29 is 18.7 Å². The third-order valence-electron chi connectivity index (χ3n) is 2.78. The number of hydrogen-bond acceptors (Lipinski definition) is 3. The first-order valence-electron chi connectivity index (χ1n) is 5.83. The van der Waals surface area contributed by atoms with Crippen molar-refractivity contribution in [2.75, 3.05) is 5.32 Å². The van der Waals surface area contributed by atoms with Crippen LogP contribution in [0.4, 0.5) is 10.1 Å². The molecule has 19 heavy (non-hydrogen) atoms. The zero-order valence-corrected chi connectivity index (χ0v) is 10.6. The highest BCUT2D eigenvalue weighted by Gasteiger charge is 2.13. The van der Waals surface area contributed by atoms with Crippen LogP contribution in [-0.4, -0.2) is 11.1 Å².